The van der Waals surface area contributed by atoms with Crippen molar-refractivity contribution in [1.29, 1.82) is 0 Å². The third kappa shape index (κ3) is 15.4. The van der Waals surface area contributed by atoms with Gasteiger partial charge in [-0.05, 0) is 84.9 Å². The van der Waals surface area contributed by atoms with Gasteiger partial charge in [-0.25, -0.2) is 4.98 Å². The lowest BCUT2D eigenvalue weighted by Crippen LogP contribution is -2.58. The van der Waals surface area contributed by atoms with Crippen LogP contribution in [0.1, 0.15) is 127 Å². The molecule has 32 nitrogen and oxygen atoms in total. The van der Waals surface area contributed by atoms with E-state index in [-0.39, 0.29) is 84.9 Å². The van der Waals surface area contributed by atoms with Gasteiger partial charge < -0.3 is 134 Å². The molecule has 15 N–H and O–H groups in total. The van der Waals surface area contributed by atoms with E-state index in [1.54, 1.807) is 38.6 Å². The van der Waals surface area contributed by atoms with Gasteiger partial charge in [0, 0.05) is 57.1 Å². The molecule has 6 fully saturated rings. The Hall–Kier alpha value is -4.80. The van der Waals surface area contributed by atoms with Crippen molar-refractivity contribution in [2.24, 2.45) is 10.9 Å². The Balaban J connectivity index is 0.000000439. The van der Waals surface area contributed by atoms with E-state index >= 15 is 4.79 Å². The number of phenols is 2. The summed E-state index contributed by atoms with van der Waals surface area (Å²) in [6, 6.07) is 3.03. The van der Waals surface area contributed by atoms with Crippen LogP contribution in [0.4, 0.5) is 5.82 Å². The number of aliphatic hydroxyl groups excluding tert-OH is 11. The number of carbonyl (C=O) groups is 2. The van der Waals surface area contributed by atoms with Crippen LogP contribution in [0.3, 0.4) is 0 Å². The van der Waals surface area contributed by atoms with Gasteiger partial charge in [-0.2, -0.15) is 0 Å². The summed E-state index contributed by atoms with van der Waals surface area (Å²) in [5.74, 6) is -3.47. The molecule has 0 spiro atoms. The van der Waals surface area contributed by atoms with Crippen molar-refractivity contribution in [3.8, 4) is 17.2 Å². The van der Waals surface area contributed by atoms with Crippen molar-refractivity contribution in [1.82, 2.24) is 9.55 Å². The largest absolute Gasteiger partial charge is 0.507 e. The summed E-state index contributed by atoms with van der Waals surface area (Å²) in [7, 11) is 1.18. The summed E-state index contributed by atoms with van der Waals surface area (Å²) in [6.07, 6.45) is -26.1. The minimum atomic E-state index is -1.95. The molecule has 532 valence electrons. The van der Waals surface area contributed by atoms with Gasteiger partial charge in [-0.1, -0.05) is 0 Å². The third-order valence-electron chi connectivity index (χ3n) is 19.3. The molecule has 8 heterocycles. The highest BCUT2D eigenvalue weighted by molar-refractivity contribution is 6.11. The number of methoxy groups -OCH3 is 1. The number of aliphatic hydroxyl groups is 12. The topological polar surface area (TPSA) is 470 Å². The molecule has 11 rings (SSSR count). The van der Waals surface area contributed by atoms with Crippen LogP contribution in [0, 0.1) is 12.8 Å². The van der Waals surface area contributed by atoms with E-state index < -0.39 is 200 Å². The van der Waals surface area contributed by atoms with Crippen molar-refractivity contribution in [2.75, 3.05) is 25.6 Å². The summed E-state index contributed by atoms with van der Waals surface area (Å²) >= 11 is 0. The highest BCUT2D eigenvalue weighted by Crippen LogP contribution is 2.48. The van der Waals surface area contributed by atoms with Crippen LogP contribution >= 0.6 is 0 Å². The normalized spacial score (nSPS) is 40.8. The molecule has 0 bridgehead atoms. The van der Waals surface area contributed by atoms with Gasteiger partial charge in [0.25, 0.3) is 0 Å². The molecule has 0 radical (unpaired) electrons. The fraction of sp³-hybridized carbons (Fsp3) is 0.746. The van der Waals surface area contributed by atoms with Crippen LogP contribution in [-0.4, -0.2) is 278 Å². The molecule has 1 aromatic heterocycles. The van der Waals surface area contributed by atoms with Crippen LogP contribution in [0.25, 0.3) is 10.8 Å². The van der Waals surface area contributed by atoms with Gasteiger partial charge in [0.05, 0.1) is 110 Å². The Morgan fingerprint density at radius 3 is 1.86 bits per heavy atom. The fourth-order valence-electron chi connectivity index (χ4n) is 13.7. The molecule has 7 aliphatic heterocycles. The van der Waals surface area contributed by atoms with Gasteiger partial charge >= 0.3 is 0 Å². The lowest BCUT2D eigenvalue weighted by Gasteiger charge is -2.46. The number of fused-ring (bicyclic) bond motifs is 3. The number of rotatable bonds is 17. The number of nitrogens with one attached hydrogen (secondary N) is 1. The zero-order chi connectivity index (χ0) is 69.0. The molecule has 1 unspecified atom stereocenters. The molecule has 8 aliphatic rings. The number of aliphatic imine (C=N–C) groups is 1. The number of phenolic OH excluding ortho intramolecular Hbond substituents is 2. The maximum absolute atomic E-state index is 15.0. The molecule has 0 saturated carbocycles. The predicted octanol–water partition coefficient (Wildman–Crippen LogP) is -1.24. The van der Waals surface area contributed by atoms with Crippen molar-refractivity contribution >= 4 is 34.5 Å². The number of aromatic nitrogens is 2. The number of nitrogens with zero attached hydrogens (tertiary/aromatic N) is 3. The van der Waals surface area contributed by atoms with Gasteiger partial charge in [0.15, 0.2) is 36.7 Å². The molecular formula is C63H92N4O28. The van der Waals surface area contributed by atoms with Crippen LogP contribution in [-0.2, 0) is 63.3 Å². The van der Waals surface area contributed by atoms with Crippen LogP contribution in [0.5, 0.6) is 17.2 Å². The minimum absolute atomic E-state index is 0.0365. The number of hydrogen-bond acceptors (Lipinski definition) is 31. The first-order chi connectivity index (χ1) is 44.9. The molecule has 2 aromatic carbocycles. The molecule has 6 saturated heterocycles. The summed E-state index contributed by atoms with van der Waals surface area (Å²) in [6.45, 7) is 12.1. The lowest BCUT2D eigenvalue weighted by atomic mass is 9.75. The van der Waals surface area contributed by atoms with Gasteiger partial charge in [0.2, 0.25) is 6.29 Å². The summed E-state index contributed by atoms with van der Waals surface area (Å²) < 4.78 is 73.8. The number of benzene rings is 2. The van der Waals surface area contributed by atoms with Gasteiger partial charge in [0.1, 0.15) is 96.0 Å². The molecule has 95 heavy (non-hydrogen) atoms. The number of Topliss-reactive ketones (excluding diaryl/α,β-unsaturated/α-hetero) is 2. The lowest BCUT2D eigenvalue weighted by molar-refractivity contribution is -0.334. The van der Waals surface area contributed by atoms with E-state index in [0.29, 0.717) is 17.9 Å². The quantitative estimate of drug-likeness (QED) is 0.0752. The number of ether oxygens (including phenoxy) is 12. The fourth-order valence-corrected chi connectivity index (χ4v) is 13.7. The van der Waals surface area contributed by atoms with Crippen molar-refractivity contribution < 1.29 is 138 Å². The third-order valence-corrected chi connectivity index (χ3v) is 19.3. The first-order valence-corrected chi connectivity index (χ1v) is 32.2. The summed E-state index contributed by atoms with van der Waals surface area (Å²) in [4.78, 5) is 37.1. The average Bonchev–Trinajstić information content (AvgIpc) is 1.37. The Labute approximate surface area is 546 Å². The minimum Gasteiger partial charge on any atom is -0.507 e. The van der Waals surface area contributed by atoms with Gasteiger partial charge in [-0.15, -0.1) is 0 Å². The maximum atomic E-state index is 15.0. The monoisotopic (exact) mass is 1350 g/mol. The van der Waals surface area contributed by atoms with Crippen molar-refractivity contribution in [3.63, 3.8) is 0 Å². The number of anilines is 1. The van der Waals surface area contributed by atoms with E-state index in [1.807, 2.05) is 0 Å². The Kier molecular flexibility index (Phi) is 23.0. The molecule has 29 atom stereocenters. The number of imidazole rings is 1. The van der Waals surface area contributed by atoms with E-state index in [9.17, 15) is 71.2 Å². The molecule has 0 amide bonds. The zero-order valence-corrected chi connectivity index (χ0v) is 54.2. The highest BCUT2D eigenvalue weighted by atomic mass is 16.7. The number of ketones is 2. The maximum Gasteiger partial charge on any atom is 0.202 e. The van der Waals surface area contributed by atoms with Gasteiger partial charge in [-0.3, -0.25) is 19.1 Å². The SMILES string of the molecule is CO[C@H](C(=O)[C@@H](O)[C@@H](C)O)C1Cc2cc3cc(O[C@H]4C[C@@H](O[C@H]5C[C@@H](O)[C@H](O)[C@@H](C)O5)[C@@H](O)[C@@H](C)O4)c(C)c(O)c3c(O)c2C(=O)[C@H]1O[C@H]1C[C@@H](O[C@H]2C[C@@H](O[C@H]3C[C@](C)(O)[C@H](O)[C@@H](C)O3)[C@H](O)[C@@H](C)O2)[C@H](O)[C@@H](C)O1.OC[C@H]1O[C@@H](n2cnc3c2NC=NC[C@H]3O)C[C@@H]1O. The summed E-state index contributed by atoms with van der Waals surface area (Å²) in [5, 5.41) is 152. The van der Waals surface area contributed by atoms with E-state index in [1.165, 1.54) is 53.3 Å². The Morgan fingerprint density at radius 1 is 0.737 bits per heavy atom. The highest BCUT2D eigenvalue weighted by Gasteiger charge is 2.52. The van der Waals surface area contributed by atoms with Crippen molar-refractivity contribution in [3.05, 3.63) is 40.8 Å². The first-order valence-electron chi connectivity index (χ1n) is 32.2. The zero-order valence-electron chi connectivity index (χ0n) is 54.2. The van der Waals surface area contributed by atoms with Crippen LogP contribution in [0.15, 0.2) is 23.5 Å². The Morgan fingerprint density at radius 2 is 1.29 bits per heavy atom. The Bertz CT molecular complexity index is 3160. The second-order valence-corrected chi connectivity index (χ2v) is 26.4. The number of aromatic hydroxyl groups is 2. The summed E-state index contributed by atoms with van der Waals surface area (Å²) in [5.41, 5.74) is -0.970. The van der Waals surface area contributed by atoms with E-state index in [2.05, 4.69) is 15.3 Å². The van der Waals surface area contributed by atoms with E-state index in [4.69, 9.17) is 61.9 Å². The second-order valence-electron chi connectivity index (χ2n) is 26.4. The number of hydrogen-bond donors (Lipinski definition) is 15. The van der Waals surface area contributed by atoms with Crippen molar-refractivity contribution in [2.45, 2.75) is 272 Å². The molecule has 32 heteroatoms. The van der Waals surface area contributed by atoms with Crippen LogP contribution < -0.4 is 10.1 Å². The number of carbonyl (C=O) groups excluding carboxylic acids is 2. The first kappa shape index (κ1) is 72.9. The molecular weight excluding hydrogens is 1260 g/mol. The predicted molar refractivity (Wildman–Crippen MR) is 324 cm³/mol. The molecule has 1 aliphatic carbocycles. The second kappa shape index (κ2) is 30.0. The average molecular weight is 1350 g/mol. The molecule has 3 aromatic rings. The standard InChI is InChI=1S/C52H76O24.C11H16N4O4/c1-18-29(72-34-14-30(43(58)21(4)68-34)73-33-13-28(54)42(57)20(3)67-33)12-26-10-25-11-27(49(66-9)48(63)41(56)19(2)53)50(47(62)39(25)46(61)38(26)40(18)55)76-36-16-31(44(59)23(6)70-36)74-35-15-32(45(60)22(5)69-35)75-37-17-52(8,65)51(64)24(7)71-37;16-3-8-6(17)1-9(19-8)15-5-14-10-7(18)2-12-4-13-11(10)15/h10,12,19-24,27-28,30-37,41-45,49-51,53-61,64-65H,11,13-17H2,1-9H3;4-9,16-18H,1-3H2,(H,12,13)/t19-,20-,21-,22-,23-,24-,27?,28-,30-,31-,32-,33+,34+,35+,36+,37+,41+,42-,43+,44-,45-,49+,50+,51-,52+;6-,7+,8+,9+/m10/s1. The smallest absolute Gasteiger partial charge is 0.202 e. The van der Waals surface area contributed by atoms with E-state index in [0.717, 1.165) is 0 Å². The van der Waals surface area contributed by atoms with Crippen LogP contribution in [0.2, 0.25) is 0 Å².